The Hall–Kier alpha value is -1.48. The summed E-state index contributed by atoms with van der Waals surface area (Å²) < 4.78 is 0. The minimum atomic E-state index is 0.0530. The second-order valence-electron chi connectivity index (χ2n) is 5.53. The van der Waals surface area contributed by atoms with Gasteiger partial charge in [0, 0.05) is 18.4 Å². The van der Waals surface area contributed by atoms with Gasteiger partial charge < -0.3 is 5.73 Å². The summed E-state index contributed by atoms with van der Waals surface area (Å²) in [6, 6.07) is 6.16. The Morgan fingerprint density at radius 3 is 2.70 bits per heavy atom. The zero-order chi connectivity index (χ0) is 14.4. The molecule has 3 nitrogen and oxygen atoms in total. The van der Waals surface area contributed by atoms with Crippen LogP contribution in [-0.2, 0) is 0 Å². The second kappa shape index (κ2) is 7.34. The first-order valence-corrected chi connectivity index (χ1v) is 7.71. The smallest absolute Gasteiger partial charge is 0.0934 e. The molecule has 0 spiro atoms. The maximum atomic E-state index is 6.44. The number of nitrogens with zero attached hydrogens (tertiary/aromatic N) is 2. The summed E-state index contributed by atoms with van der Waals surface area (Å²) in [4.78, 5) is 8.81. The van der Waals surface area contributed by atoms with Crippen molar-refractivity contribution in [2.45, 2.75) is 52.0 Å². The van der Waals surface area contributed by atoms with Gasteiger partial charge in [0.2, 0.25) is 0 Å². The third-order valence-electron chi connectivity index (χ3n) is 4.06. The topological polar surface area (TPSA) is 51.8 Å². The SMILES string of the molecule is CCCCC(CC)CC(N)c1cccc2nccnc12. The lowest BCUT2D eigenvalue weighted by Crippen LogP contribution is -2.16. The molecular weight excluding hydrogens is 246 g/mol. The zero-order valence-corrected chi connectivity index (χ0v) is 12.5. The molecule has 2 atom stereocenters. The Morgan fingerprint density at radius 1 is 1.15 bits per heavy atom. The lowest BCUT2D eigenvalue weighted by Gasteiger charge is -2.20. The summed E-state index contributed by atoms with van der Waals surface area (Å²) in [5, 5.41) is 0. The Morgan fingerprint density at radius 2 is 1.95 bits per heavy atom. The fraction of sp³-hybridized carbons (Fsp3) is 0.529. The zero-order valence-electron chi connectivity index (χ0n) is 12.5. The maximum absolute atomic E-state index is 6.44. The predicted molar refractivity (Wildman–Crippen MR) is 84.4 cm³/mol. The molecule has 0 amide bonds. The molecule has 1 aromatic carbocycles. The first-order valence-electron chi connectivity index (χ1n) is 7.71. The molecule has 0 aliphatic heterocycles. The fourth-order valence-corrected chi connectivity index (χ4v) is 2.78. The van der Waals surface area contributed by atoms with Crippen LogP contribution in [0, 0.1) is 5.92 Å². The van der Waals surface area contributed by atoms with Crippen LogP contribution in [0.2, 0.25) is 0 Å². The van der Waals surface area contributed by atoms with Gasteiger partial charge in [-0.3, -0.25) is 9.97 Å². The molecule has 2 N–H and O–H groups in total. The Kier molecular flexibility index (Phi) is 5.48. The van der Waals surface area contributed by atoms with E-state index < -0.39 is 0 Å². The van der Waals surface area contributed by atoms with E-state index in [1.54, 1.807) is 12.4 Å². The van der Waals surface area contributed by atoms with Crippen molar-refractivity contribution in [3.63, 3.8) is 0 Å². The average molecular weight is 271 g/mol. The highest BCUT2D eigenvalue weighted by atomic mass is 14.8. The van der Waals surface area contributed by atoms with Crippen molar-refractivity contribution < 1.29 is 0 Å². The van der Waals surface area contributed by atoms with E-state index in [9.17, 15) is 0 Å². The van der Waals surface area contributed by atoms with Gasteiger partial charge in [-0.2, -0.15) is 0 Å². The van der Waals surface area contributed by atoms with E-state index in [2.05, 4.69) is 29.9 Å². The Balaban J connectivity index is 2.16. The van der Waals surface area contributed by atoms with E-state index in [0.29, 0.717) is 5.92 Å². The van der Waals surface area contributed by atoms with Gasteiger partial charge in [-0.1, -0.05) is 51.7 Å². The van der Waals surface area contributed by atoms with Crippen molar-refractivity contribution in [2.24, 2.45) is 11.7 Å². The van der Waals surface area contributed by atoms with Crippen LogP contribution in [0.5, 0.6) is 0 Å². The maximum Gasteiger partial charge on any atom is 0.0934 e. The van der Waals surface area contributed by atoms with Crippen LogP contribution in [0.1, 0.15) is 57.6 Å². The number of nitrogens with two attached hydrogens (primary N) is 1. The predicted octanol–water partition coefficient (Wildman–Crippen LogP) is 4.24. The van der Waals surface area contributed by atoms with Crippen LogP contribution >= 0.6 is 0 Å². The monoisotopic (exact) mass is 271 g/mol. The number of hydrogen-bond donors (Lipinski definition) is 1. The van der Waals surface area contributed by atoms with E-state index in [4.69, 9.17) is 5.73 Å². The number of aromatic nitrogens is 2. The molecule has 1 heterocycles. The molecule has 0 saturated carbocycles. The highest BCUT2D eigenvalue weighted by molar-refractivity contribution is 5.77. The summed E-state index contributed by atoms with van der Waals surface area (Å²) in [7, 11) is 0. The number of fused-ring (bicyclic) bond motifs is 1. The largest absolute Gasteiger partial charge is 0.324 e. The van der Waals surface area contributed by atoms with E-state index in [0.717, 1.165) is 23.0 Å². The van der Waals surface area contributed by atoms with Crippen LogP contribution in [0.15, 0.2) is 30.6 Å². The van der Waals surface area contributed by atoms with Crippen LogP contribution in [0.3, 0.4) is 0 Å². The third-order valence-corrected chi connectivity index (χ3v) is 4.06. The molecule has 0 aliphatic carbocycles. The number of rotatable bonds is 7. The summed E-state index contributed by atoms with van der Waals surface area (Å²) in [6.45, 7) is 4.50. The van der Waals surface area contributed by atoms with E-state index in [-0.39, 0.29) is 6.04 Å². The number of benzene rings is 1. The summed E-state index contributed by atoms with van der Waals surface area (Å²) in [6.07, 6.45) is 9.53. The quantitative estimate of drug-likeness (QED) is 0.819. The average Bonchev–Trinajstić information content (AvgIpc) is 2.50. The van der Waals surface area contributed by atoms with Gasteiger partial charge in [0.25, 0.3) is 0 Å². The van der Waals surface area contributed by atoms with Gasteiger partial charge >= 0.3 is 0 Å². The van der Waals surface area contributed by atoms with Crippen LogP contribution in [0.4, 0.5) is 0 Å². The third kappa shape index (κ3) is 3.54. The molecule has 0 saturated heterocycles. The van der Waals surface area contributed by atoms with Crippen molar-refractivity contribution in [3.8, 4) is 0 Å². The Bertz CT molecular complexity index is 533. The van der Waals surface area contributed by atoms with Crippen LogP contribution < -0.4 is 5.73 Å². The molecule has 20 heavy (non-hydrogen) atoms. The molecule has 1 aromatic heterocycles. The van der Waals surface area contributed by atoms with Crippen molar-refractivity contribution in [1.82, 2.24) is 9.97 Å². The van der Waals surface area contributed by atoms with Crippen molar-refractivity contribution in [3.05, 3.63) is 36.2 Å². The lowest BCUT2D eigenvalue weighted by molar-refractivity contribution is 0.389. The van der Waals surface area contributed by atoms with Crippen molar-refractivity contribution >= 4 is 11.0 Å². The molecule has 3 heteroatoms. The van der Waals surface area contributed by atoms with Crippen LogP contribution in [-0.4, -0.2) is 9.97 Å². The molecule has 0 aliphatic rings. The summed E-state index contributed by atoms with van der Waals surface area (Å²) in [5.74, 6) is 0.705. The van der Waals surface area contributed by atoms with E-state index in [1.165, 1.54) is 25.7 Å². The number of hydrogen-bond acceptors (Lipinski definition) is 3. The first kappa shape index (κ1) is 14.9. The lowest BCUT2D eigenvalue weighted by atomic mass is 9.89. The minimum absolute atomic E-state index is 0.0530. The normalized spacial score (nSPS) is 14.3. The summed E-state index contributed by atoms with van der Waals surface area (Å²) in [5.41, 5.74) is 9.46. The number of para-hydroxylation sites is 1. The van der Waals surface area contributed by atoms with Gasteiger partial charge in [-0.25, -0.2) is 0 Å². The van der Waals surface area contributed by atoms with Gasteiger partial charge in [-0.15, -0.1) is 0 Å². The highest BCUT2D eigenvalue weighted by Gasteiger charge is 2.16. The van der Waals surface area contributed by atoms with Crippen LogP contribution in [0.25, 0.3) is 11.0 Å². The van der Waals surface area contributed by atoms with Gasteiger partial charge in [0.1, 0.15) is 0 Å². The van der Waals surface area contributed by atoms with Gasteiger partial charge in [0.15, 0.2) is 0 Å². The summed E-state index contributed by atoms with van der Waals surface area (Å²) >= 11 is 0. The molecule has 108 valence electrons. The second-order valence-corrected chi connectivity index (χ2v) is 5.53. The minimum Gasteiger partial charge on any atom is -0.324 e. The number of unbranched alkanes of at least 4 members (excludes halogenated alkanes) is 1. The van der Waals surface area contributed by atoms with E-state index >= 15 is 0 Å². The Labute approximate surface area is 121 Å². The van der Waals surface area contributed by atoms with Gasteiger partial charge in [0.05, 0.1) is 11.0 Å². The molecule has 2 unspecified atom stereocenters. The molecule has 2 rings (SSSR count). The molecule has 2 aromatic rings. The highest BCUT2D eigenvalue weighted by Crippen LogP contribution is 2.28. The molecule has 0 fully saturated rings. The molecule has 0 radical (unpaired) electrons. The fourth-order valence-electron chi connectivity index (χ4n) is 2.78. The van der Waals surface area contributed by atoms with Gasteiger partial charge in [-0.05, 0) is 24.0 Å². The van der Waals surface area contributed by atoms with E-state index in [1.807, 2.05) is 12.1 Å². The first-order chi connectivity index (χ1) is 9.76. The standard InChI is InChI=1S/C17H25N3/c1-3-5-7-13(4-2)12-15(18)14-8-6-9-16-17(14)20-11-10-19-16/h6,8-11,13,15H,3-5,7,12,18H2,1-2H3. The van der Waals surface area contributed by atoms with Crippen molar-refractivity contribution in [2.75, 3.05) is 0 Å². The van der Waals surface area contributed by atoms with Crippen molar-refractivity contribution in [1.29, 1.82) is 0 Å². The molecule has 0 bridgehead atoms. The molecular formula is C17H25N3.